The van der Waals surface area contributed by atoms with Gasteiger partial charge < -0.3 is 20.1 Å². The average molecular weight is 300 g/mol. The number of alkyl halides is 3. The van der Waals surface area contributed by atoms with Gasteiger partial charge in [-0.15, -0.1) is 0 Å². The van der Waals surface area contributed by atoms with Gasteiger partial charge in [0.2, 0.25) is 0 Å². The Labute approximate surface area is 114 Å². The summed E-state index contributed by atoms with van der Waals surface area (Å²) in [6, 6.07) is -2.28. The zero-order valence-corrected chi connectivity index (χ0v) is 11.4. The molecule has 1 unspecified atom stereocenters. The number of carboxylic acid groups (broad SMARTS) is 1. The molecular formula is C11H19F3N2O4. The van der Waals surface area contributed by atoms with E-state index in [-0.39, 0.29) is 13.0 Å². The number of nitrogens with one attached hydrogen (secondary N) is 1. The van der Waals surface area contributed by atoms with Gasteiger partial charge in [0, 0.05) is 20.3 Å². The smallest absolute Gasteiger partial charge is 0.406 e. The normalized spacial score (nSPS) is 12.8. The van der Waals surface area contributed by atoms with Gasteiger partial charge in [-0.1, -0.05) is 0 Å². The third-order valence-corrected chi connectivity index (χ3v) is 2.48. The second-order valence-corrected chi connectivity index (χ2v) is 4.10. The number of ether oxygens (including phenoxy) is 1. The maximum atomic E-state index is 12.2. The van der Waals surface area contributed by atoms with Gasteiger partial charge in [-0.25, -0.2) is 9.59 Å². The van der Waals surface area contributed by atoms with E-state index in [2.05, 4.69) is 5.32 Å². The van der Waals surface area contributed by atoms with Crippen LogP contribution in [-0.4, -0.2) is 61.0 Å². The number of amides is 2. The molecule has 0 rings (SSSR count). The molecule has 0 spiro atoms. The number of halogens is 3. The summed E-state index contributed by atoms with van der Waals surface area (Å²) in [6.45, 7) is 0.0984. The van der Waals surface area contributed by atoms with Gasteiger partial charge in [0.05, 0.1) is 0 Å². The molecule has 0 bridgehead atoms. The summed E-state index contributed by atoms with van der Waals surface area (Å²) in [5, 5.41) is 11.0. The van der Waals surface area contributed by atoms with Crippen molar-refractivity contribution in [2.45, 2.75) is 32.0 Å². The predicted octanol–water partition coefficient (Wildman–Crippen LogP) is 1.46. The molecule has 0 saturated heterocycles. The number of carboxylic acids is 1. The van der Waals surface area contributed by atoms with Crippen LogP contribution in [0.25, 0.3) is 0 Å². The minimum Gasteiger partial charge on any atom is -0.480 e. The lowest BCUT2D eigenvalue weighted by atomic mass is 10.1. The van der Waals surface area contributed by atoms with Gasteiger partial charge >= 0.3 is 18.2 Å². The Bertz CT molecular complexity index is 323. The number of carbonyl (C=O) groups excluding carboxylic acids is 1. The van der Waals surface area contributed by atoms with E-state index in [1.807, 2.05) is 0 Å². The molecule has 20 heavy (non-hydrogen) atoms. The minimum atomic E-state index is -4.53. The van der Waals surface area contributed by atoms with Crippen molar-refractivity contribution in [3.63, 3.8) is 0 Å². The van der Waals surface area contributed by atoms with Crippen LogP contribution in [0.3, 0.4) is 0 Å². The Morgan fingerprint density at radius 3 is 2.40 bits per heavy atom. The van der Waals surface area contributed by atoms with Crippen LogP contribution in [-0.2, 0) is 9.53 Å². The van der Waals surface area contributed by atoms with Crippen molar-refractivity contribution in [3.8, 4) is 0 Å². The number of nitrogens with zero attached hydrogens (tertiary/aromatic N) is 1. The molecule has 0 saturated carbocycles. The zero-order chi connectivity index (χ0) is 15.8. The second kappa shape index (κ2) is 8.62. The zero-order valence-electron chi connectivity index (χ0n) is 11.4. The molecule has 6 nitrogen and oxygen atoms in total. The molecule has 0 radical (unpaired) electrons. The van der Waals surface area contributed by atoms with Crippen LogP contribution in [0.2, 0.25) is 0 Å². The molecule has 1 atom stereocenters. The lowest BCUT2D eigenvalue weighted by molar-refractivity contribution is -0.140. The lowest BCUT2D eigenvalue weighted by Crippen LogP contribution is -2.50. The van der Waals surface area contributed by atoms with E-state index in [0.29, 0.717) is 17.9 Å². The summed E-state index contributed by atoms with van der Waals surface area (Å²) in [5.74, 6) is -1.29. The van der Waals surface area contributed by atoms with Crippen molar-refractivity contribution in [3.05, 3.63) is 0 Å². The molecule has 9 heteroatoms. The van der Waals surface area contributed by atoms with Gasteiger partial charge in [-0.2, -0.15) is 13.2 Å². The number of urea groups is 1. The van der Waals surface area contributed by atoms with E-state index in [9.17, 15) is 22.8 Å². The standard InChI is InChI=1S/C11H19F3N2O4/c1-3-16(7-11(12,13)14)10(19)15-8(9(17)18)5-4-6-20-2/h8H,3-7H2,1-2H3,(H,15,19)(H,17,18). The summed E-state index contributed by atoms with van der Waals surface area (Å²) in [5.41, 5.74) is 0. The van der Waals surface area contributed by atoms with Crippen LogP contribution in [0.5, 0.6) is 0 Å². The first kappa shape index (κ1) is 18.5. The Morgan fingerprint density at radius 1 is 1.40 bits per heavy atom. The van der Waals surface area contributed by atoms with Gasteiger partial charge in [0.25, 0.3) is 0 Å². The summed E-state index contributed by atoms with van der Waals surface area (Å²) >= 11 is 0. The van der Waals surface area contributed by atoms with E-state index in [1.165, 1.54) is 14.0 Å². The average Bonchev–Trinajstić information content (AvgIpc) is 2.33. The molecule has 2 amide bonds. The third-order valence-electron chi connectivity index (χ3n) is 2.48. The fourth-order valence-corrected chi connectivity index (χ4v) is 1.47. The Morgan fingerprint density at radius 2 is 2.00 bits per heavy atom. The highest BCUT2D eigenvalue weighted by Crippen LogP contribution is 2.16. The minimum absolute atomic E-state index is 0.0818. The predicted molar refractivity (Wildman–Crippen MR) is 64.4 cm³/mol. The fourth-order valence-electron chi connectivity index (χ4n) is 1.47. The Hall–Kier alpha value is -1.51. The lowest BCUT2D eigenvalue weighted by Gasteiger charge is -2.24. The molecule has 0 aromatic rings. The number of carbonyl (C=O) groups is 2. The van der Waals surface area contributed by atoms with E-state index >= 15 is 0 Å². The molecule has 2 N–H and O–H groups in total. The van der Waals surface area contributed by atoms with E-state index in [0.717, 1.165) is 0 Å². The number of hydrogen-bond acceptors (Lipinski definition) is 3. The molecule has 118 valence electrons. The van der Waals surface area contributed by atoms with Crippen molar-refractivity contribution >= 4 is 12.0 Å². The van der Waals surface area contributed by atoms with Crippen molar-refractivity contribution in [2.24, 2.45) is 0 Å². The van der Waals surface area contributed by atoms with Gasteiger partial charge in [-0.3, -0.25) is 0 Å². The monoisotopic (exact) mass is 300 g/mol. The van der Waals surface area contributed by atoms with Crippen molar-refractivity contribution in [1.82, 2.24) is 10.2 Å². The number of methoxy groups -OCH3 is 1. The maximum Gasteiger partial charge on any atom is 0.406 e. The van der Waals surface area contributed by atoms with E-state index in [4.69, 9.17) is 9.84 Å². The molecule has 0 aromatic carbocycles. The largest absolute Gasteiger partial charge is 0.480 e. The van der Waals surface area contributed by atoms with E-state index < -0.39 is 30.8 Å². The summed E-state index contributed by atoms with van der Waals surface area (Å²) in [4.78, 5) is 23.1. The molecular weight excluding hydrogens is 281 g/mol. The molecule has 0 aliphatic heterocycles. The molecule has 0 aliphatic rings. The Kier molecular flexibility index (Phi) is 7.97. The SMILES string of the molecule is CCN(CC(F)(F)F)C(=O)NC(CCCOC)C(=O)O. The highest BCUT2D eigenvalue weighted by molar-refractivity contribution is 5.82. The highest BCUT2D eigenvalue weighted by atomic mass is 19.4. The van der Waals surface area contributed by atoms with Crippen molar-refractivity contribution in [2.75, 3.05) is 26.8 Å². The first-order chi connectivity index (χ1) is 9.21. The topological polar surface area (TPSA) is 78.9 Å². The van der Waals surface area contributed by atoms with Crippen LogP contribution >= 0.6 is 0 Å². The fraction of sp³-hybridized carbons (Fsp3) is 0.818. The van der Waals surface area contributed by atoms with Crippen LogP contribution in [0, 0.1) is 0 Å². The summed E-state index contributed by atoms with van der Waals surface area (Å²) in [6.07, 6.45) is -4.07. The molecule has 0 heterocycles. The second-order valence-electron chi connectivity index (χ2n) is 4.10. The first-order valence-electron chi connectivity index (χ1n) is 6.05. The van der Waals surface area contributed by atoms with Crippen molar-refractivity contribution < 1.29 is 32.6 Å². The van der Waals surface area contributed by atoms with Crippen LogP contribution in [0.4, 0.5) is 18.0 Å². The number of rotatable bonds is 8. The van der Waals surface area contributed by atoms with Crippen LogP contribution in [0.1, 0.15) is 19.8 Å². The molecule has 0 aromatic heterocycles. The first-order valence-corrected chi connectivity index (χ1v) is 6.05. The highest BCUT2D eigenvalue weighted by Gasteiger charge is 2.33. The van der Waals surface area contributed by atoms with Crippen LogP contribution < -0.4 is 5.32 Å². The summed E-state index contributed by atoms with van der Waals surface area (Å²) < 4.78 is 41.5. The van der Waals surface area contributed by atoms with Gasteiger partial charge in [0.15, 0.2) is 0 Å². The summed E-state index contributed by atoms with van der Waals surface area (Å²) in [7, 11) is 1.44. The van der Waals surface area contributed by atoms with Gasteiger partial charge in [-0.05, 0) is 19.8 Å². The van der Waals surface area contributed by atoms with Crippen molar-refractivity contribution in [1.29, 1.82) is 0 Å². The van der Waals surface area contributed by atoms with Gasteiger partial charge in [0.1, 0.15) is 12.6 Å². The molecule has 0 aliphatic carbocycles. The Balaban J connectivity index is 4.52. The maximum absolute atomic E-state index is 12.2. The number of aliphatic carboxylic acids is 1. The number of hydrogen-bond donors (Lipinski definition) is 2. The molecule has 0 fully saturated rings. The van der Waals surface area contributed by atoms with Crippen LogP contribution in [0.15, 0.2) is 0 Å². The third kappa shape index (κ3) is 7.82. The quantitative estimate of drug-likeness (QED) is 0.665. The van der Waals surface area contributed by atoms with E-state index in [1.54, 1.807) is 0 Å².